The Labute approximate surface area is 114 Å². The van der Waals surface area contributed by atoms with E-state index in [0.717, 1.165) is 5.69 Å². The first-order valence-corrected chi connectivity index (χ1v) is 5.91. The lowest BCUT2D eigenvalue weighted by Gasteiger charge is -2.10. The Bertz CT molecular complexity index is 746. The van der Waals surface area contributed by atoms with E-state index in [1.165, 1.54) is 0 Å². The van der Waals surface area contributed by atoms with Crippen LogP contribution in [0.3, 0.4) is 0 Å². The molecule has 0 aliphatic heterocycles. The van der Waals surface area contributed by atoms with Crippen LogP contribution in [0.15, 0.2) is 30.6 Å². The van der Waals surface area contributed by atoms with E-state index in [0.29, 0.717) is 22.8 Å². The van der Waals surface area contributed by atoms with Crippen LogP contribution in [0.5, 0.6) is 5.75 Å². The zero-order valence-corrected chi connectivity index (χ0v) is 11.1. The van der Waals surface area contributed by atoms with Crippen molar-refractivity contribution in [1.82, 2.24) is 30.0 Å². The highest BCUT2D eigenvalue weighted by Gasteiger charge is 2.18. The number of nitrogens with two attached hydrogens (primary N) is 1. The van der Waals surface area contributed by atoms with Crippen LogP contribution < -0.4 is 10.5 Å². The first-order valence-electron chi connectivity index (χ1n) is 5.91. The van der Waals surface area contributed by atoms with Crippen molar-refractivity contribution < 1.29 is 4.74 Å². The number of anilines is 1. The summed E-state index contributed by atoms with van der Waals surface area (Å²) in [4.78, 5) is 0. The molecule has 0 spiro atoms. The van der Waals surface area contributed by atoms with Crippen LogP contribution in [0.4, 0.5) is 5.69 Å². The second kappa shape index (κ2) is 4.65. The first kappa shape index (κ1) is 12.2. The average Bonchev–Trinajstić information content (AvgIpc) is 3.06. The third-order valence-corrected chi connectivity index (χ3v) is 2.91. The van der Waals surface area contributed by atoms with Crippen LogP contribution in [0.25, 0.3) is 17.1 Å². The summed E-state index contributed by atoms with van der Waals surface area (Å²) in [5.41, 5.74) is 7.98. The molecule has 0 aliphatic rings. The van der Waals surface area contributed by atoms with Gasteiger partial charge in [0.25, 0.3) is 0 Å². The second-order valence-electron chi connectivity index (χ2n) is 4.21. The van der Waals surface area contributed by atoms with Gasteiger partial charge in [0.15, 0.2) is 5.82 Å². The molecule has 0 radical (unpaired) electrons. The zero-order valence-electron chi connectivity index (χ0n) is 11.1. The summed E-state index contributed by atoms with van der Waals surface area (Å²) in [7, 11) is 3.40. The van der Waals surface area contributed by atoms with Crippen molar-refractivity contribution in [2.45, 2.75) is 0 Å². The lowest BCUT2D eigenvalue weighted by atomic mass is 10.1. The average molecular weight is 271 g/mol. The summed E-state index contributed by atoms with van der Waals surface area (Å²) in [5.74, 6) is 1.12. The van der Waals surface area contributed by atoms with E-state index >= 15 is 0 Å². The summed E-state index contributed by atoms with van der Waals surface area (Å²) >= 11 is 0. The minimum absolute atomic E-state index is 0.507. The lowest BCUT2D eigenvalue weighted by molar-refractivity contribution is 0.416. The molecule has 2 aromatic heterocycles. The Morgan fingerprint density at radius 2 is 2.15 bits per heavy atom. The molecule has 0 amide bonds. The fourth-order valence-corrected chi connectivity index (χ4v) is 1.99. The van der Waals surface area contributed by atoms with E-state index in [-0.39, 0.29) is 0 Å². The van der Waals surface area contributed by atoms with Gasteiger partial charge in [-0.2, -0.15) is 9.78 Å². The molecule has 8 nitrogen and oxygen atoms in total. The Morgan fingerprint density at radius 3 is 2.85 bits per heavy atom. The van der Waals surface area contributed by atoms with Gasteiger partial charge in [0.1, 0.15) is 11.4 Å². The molecule has 3 rings (SSSR count). The first-order chi connectivity index (χ1) is 9.70. The topological polar surface area (TPSA) is 96.7 Å². The van der Waals surface area contributed by atoms with Crippen molar-refractivity contribution in [1.29, 1.82) is 0 Å². The number of methoxy groups -OCH3 is 1. The Balaban J connectivity index is 2.20. The van der Waals surface area contributed by atoms with Crippen molar-refractivity contribution in [3.63, 3.8) is 0 Å². The highest BCUT2D eigenvalue weighted by atomic mass is 16.5. The monoisotopic (exact) mass is 271 g/mol. The van der Waals surface area contributed by atoms with Gasteiger partial charge in [0.05, 0.1) is 25.1 Å². The molecule has 0 fully saturated rings. The molecule has 0 saturated carbocycles. The van der Waals surface area contributed by atoms with Gasteiger partial charge < -0.3 is 10.5 Å². The summed E-state index contributed by atoms with van der Waals surface area (Å²) in [5, 5.41) is 15.9. The van der Waals surface area contributed by atoms with E-state index < -0.39 is 0 Å². The van der Waals surface area contributed by atoms with Gasteiger partial charge in [-0.1, -0.05) is 6.07 Å². The quantitative estimate of drug-likeness (QED) is 0.703. The Morgan fingerprint density at radius 1 is 1.30 bits per heavy atom. The molecule has 2 N–H and O–H groups in total. The molecule has 3 aromatic rings. The largest absolute Gasteiger partial charge is 0.496 e. The Hall–Kier alpha value is -2.90. The lowest BCUT2D eigenvalue weighted by Crippen LogP contribution is -2.02. The van der Waals surface area contributed by atoms with Gasteiger partial charge in [0.2, 0.25) is 0 Å². The van der Waals surface area contributed by atoms with Gasteiger partial charge in [-0.25, -0.2) is 0 Å². The van der Waals surface area contributed by atoms with Gasteiger partial charge >= 0.3 is 0 Å². The van der Waals surface area contributed by atoms with Gasteiger partial charge in [-0.15, -0.1) is 5.10 Å². The predicted molar refractivity (Wildman–Crippen MR) is 72.3 cm³/mol. The van der Waals surface area contributed by atoms with E-state index in [1.54, 1.807) is 28.7 Å². The van der Waals surface area contributed by atoms with Crippen LogP contribution in [0, 0.1) is 0 Å². The third kappa shape index (κ3) is 1.87. The van der Waals surface area contributed by atoms with Gasteiger partial charge in [-0.3, -0.25) is 4.68 Å². The van der Waals surface area contributed by atoms with Crippen molar-refractivity contribution in [3.05, 3.63) is 30.6 Å². The molecule has 0 atom stereocenters. The highest BCUT2D eigenvalue weighted by molar-refractivity contribution is 5.78. The molecule has 0 unspecified atom stereocenters. The second-order valence-corrected chi connectivity index (χ2v) is 4.21. The smallest absolute Gasteiger partial charge is 0.193 e. The molecule has 0 aliphatic carbocycles. The van der Waals surface area contributed by atoms with E-state index in [2.05, 4.69) is 20.6 Å². The minimum atomic E-state index is 0.507. The maximum absolute atomic E-state index is 6.03. The summed E-state index contributed by atoms with van der Waals surface area (Å²) in [6.07, 6.45) is 3.48. The molecule has 0 saturated heterocycles. The van der Waals surface area contributed by atoms with Crippen LogP contribution in [0.1, 0.15) is 0 Å². The molecule has 1 aromatic carbocycles. The number of nitrogen functional groups attached to an aromatic ring is 1. The Kier molecular flexibility index (Phi) is 2.82. The molecular weight excluding hydrogens is 258 g/mol. The molecule has 2 heterocycles. The van der Waals surface area contributed by atoms with Crippen LogP contribution in [0.2, 0.25) is 0 Å². The number of ether oxygens (including phenoxy) is 1. The van der Waals surface area contributed by atoms with E-state index in [4.69, 9.17) is 10.5 Å². The third-order valence-electron chi connectivity index (χ3n) is 2.91. The summed E-state index contributed by atoms with van der Waals surface area (Å²) in [6.45, 7) is 0. The SMILES string of the molecule is COc1cccc(N)c1-c1nnnn1-c1cnn(C)c1. The van der Waals surface area contributed by atoms with Crippen molar-refractivity contribution in [2.24, 2.45) is 7.05 Å². The fourth-order valence-electron chi connectivity index (χ4n) is 1.99. The number of aryl methyl sites for hydroxylation is 1. The van der Waals surface area contributed by atoms with Crippen molar-refractivity contribution in [2.75, 3.05) is 12.8 Å². The summed E-state index contributed by atoms with van der Waals surface area (Å²) < 4.78 is 8.58. The van der Waals surface area contributed by atoms with Crippen molar-refractivity contribution in [3.8, 4) is 22.8 Å². The van der Waals surface area contributed by atoms with E-state index in [9.17, 15) is 0 Å². The number of aromatic nitrogens is 6. The zero-order chi connectivity index (χ0) is 14.1. The molecule has 8 heteroatoms. The molecule has 20 heavy (non-hydrogen) atoms. The minimum Gasteiger partial charge on any atom is -0.496 e. The van der Waals surface area contributed by atoms with E-state index in [1.807, 2.05) is 25.4 Å². The fraction of sp³-hybridized carbons (Fsp3) is 0.167. The van der Waals surface area contributed by atoms with Crippen LogP contribution in [-0.4, -0.2) is 37.1 Å². The van der Waals surface area contributed by atoms with Gasteiger partial charge in [-0.05, 0) is 22.6 Å². The standard InChI is InChI=1S/C12H13N7O/c1-18-7-8(6-14-18)19-12(15-16-17-19)11-9(13)4-3-5-10(11)20-2/h3-7H,13H2,1-2H3. The molecule has 0 bridgehead atoms. The maximum atomic E-state index is 6.03. The number of benzene rings is 1. The van der Waals surface area contributed by atoms with Crippen molar-refractivity contribution >= 4 is 5.69 Å². The molecule has 102 valence electrons. The molecular formula is C12H13N7O. The van der Waals surface area contributed by atoms with Crippen LogP contribution >= 0.6 is 0 Å². The normalized spacial score (nSPS) is 10.7. The maximum Gasteiger partial charge on any atom is 0.193 e. The summed E-state index contributed by atoms with van der Waals surface area (Å²) in [6, 6.07) is 5.41. The number of rotatable bonds is 3. The number of tetrazole rings is 1. The van der Waals surface area contributed by atoms with Crippen LogP contribution in [-0.2, 0) is 7.05 Å². The number of hydrogen-bond acceptors (Lipinski definition) is 6. The predicted octanol–water partition coefficient (Wildman–Crippen LogP) is 0.654. The highest BCUT2D eigenvalue weighted by Crippen LogP contribution is 2.34. The number of hydrogen-bond donors (Lipinski definition) is 1. The number of nitrogens with zero attached hydrogens (tertiary/aromatic N) is 6. The van der Waals surface area contributed by atoms with Gasteiger partial charge in [0, 0.05) is 12.7 Å².